The number of hydrogen-bond acceptors (Lipinski definition) is 2. The Balaban J connectivity index is 0.00000120. The Morgan fingerprint density at radius 1 is 1.17 bits per heavy atom. The number of fused-ring (bicyclic) bond motifs is 2. The Labute approximate surface area is 116 Å². The minimum Gasteiger partial charge on any atom is -0.335 e. The van der Waals surface area contributed by atoms with Crippen molar-refractivity contribution in [1.29, 1.82) is 0 Å². The summed E-state index contributed by atoms with van der Waals surface area (Å²) in [5.41, 5.74) is -0.0365. The van der Waals surface area contributed by atoms with Gasteiger partial charge in [0.15, 0.2) is 0 Å². The van der Waals surface area contributed by atoms with E-state index >= 15 is 0 Å². The third-order valence-electron chi connectivity index (χ3n) is 5.11. The van der Waals surface area contributed by atoms with Crippen molar-refractivity contribution in [2.45, 2.75) is 64.0 Å². The van der Waals surface area contributed by atoms with Crippen molar-refractivity contribution in [1.82, 2.24) is 10.2 Å². The molecule has 0 aromatic carbocycles. The average Bonchev–Trinajstić information content (AvgIpc) is 2.82. The van der Waals surface area contributed by atoms with E-state index < -0.39 is 0 Å². The molecular weight excluding hydrogens is 248 g/mol. The second-order valence-corrected chi connectivity index (χ2v) is 6.36. The number of hydrogen-bond donors (Lipinski definition) is 1. The van der Waals surface area contributed by atoms with Gasteiger partial charge < -0.3 is 10.2 Å². The fraction of sp³-hybridized carbons (Fsp3) is 0.929. The highest BCUT2D eigenvalue weighted by Crippen LogP contribution is 2.42. The molecule has 3 aliphatic rings. The molecular formula is C14H25ClN2O. The summed E-state index contributed by atoms with van der Waals surface area (Å²) in [6.07, 6.45) is 8.28. The Hall–Kier alpha value is -0.280. The standard InChI is InChI=1S/C14H24N2O.ClH/c1-14(7-2-3-8-14)13(17)16-11-4-5-12(16)10-15-9-6-11;/h11-12,15H,2-10H2,1H3;1H. The predicted octanol–water partition coefficient (Wildman–Crippen LogP) is 2.34. The average molecular weight is 273 g/mol. The molecule has 1 saturated carbocycles. The molecule has 3 rings (SSSR count). The number of carbonyl (C=O) groups excluding carboxylic acids is 1. The SMILES string of the molecule is CC1(C(=O)N2C3CCNCC2CC3)CCCC1.Cl. The Bertz CT molecular complexity index is 301. The maximum absolute atomic E-state index is 12.8. The molecule has 0 radical (unpaired) electrons. The third kappa shape index (κ3) is 2.27. The fourth-order valence-electron chi connectivity index (χ4n) is 3.99. The van der Waals surface area contributed by atoms with Gasteiger partial charge in [0.05, 0.1) is 0 Å². The molecule has 2 aliphatic heterocycles. The molecule has 2 heterocycles. The Morgan fingerprint density at radius 2 is 1.83 bits per heavy atom. The van der Waals surface area contributed by atoms with Gasteiger partial charge in [0.1, 0.15) is 0 Å². The van der Waals surface area contributed by atoms with E-state index in [-0.39, 0.29) is 17.8 Å². The molecule has 0 aromatic heterocycles. The molecule has 0 spiro atoms. The highest BCUT2D eigenvalue weighted by Gasteiger charge is 2.46. The zero-order valence-corrected chi connectivity index (χ0v) is 12.1. The van der Waals surface area contributed by atoms with E-state index in [0.29, 0.717) is 18.0 Å². The molecule has 1 amide bonds. The van der Waals surface area contributed by atoms with Crippen molar-refractivity contribution >= 4 is 18.3 Å². The minimum absolute atomic E-state index is 0. The first-order valence-corrected chi connectivity index (χ1v) is 7.24. The molecule has 3 nitrogen and oxygen atoms in total. The van der Waals surface area contributed by atoms with Crippen molar-refractivity contribution in [3.05, 3.63) is 0 Å². The number of halogens is 1. The molecule has 2 atom stereocenters. The summed E-state index contributed by atoms with van der Waals surface area (Å²) in [5, 5.41) is 3.47. The van der Waals surface area contributed by atoms with Gasteiger partial charge in [-0.1, -0.05) is 19.8 Å². The van der Waals surface area contributed by atoms with E-state index in [1.165, 1.54) is 25.7 Å². The van der Waals surface area contributed by atoms with Crippen molar-refractivity contribution in [3.8, 4) is 0 Å². The summed E-state index contributed by atoms with van der Waals surface area (Å²) in [4.78, 5) is 15.1. The monoisotopic (exact) mass is 272 g/mol. The van der Waals surface area contributed by atoms with Gasteiger partial charge in [0, 0.05) is 24.0 Å². The number of rotatable bonds is 1. The summed E-state index contributed by atoms with van der Waals surface area (Å²) in [6, 6.07) is 1.01. The van der Waals surface area contributed by atoms with Crippen LogP contribution in [0.25, 0.3) is 0 Å². The van der Waals surface area contributed by atoms with Crippen molar-refractivity contribution in [2.75, 3.05) is 13.1 Å². The Morgan fingerprint density at radius 3 is 2.56 bits per heavy atom. The highest BCUT2D eigenvalue weighted by atomic mass is 35.5. The van der Waals surface area contributed by atoms with Crippen molar-refractivity contribution in [2.24, 2.45) is 5.41 Å². The minimum atomic E-state index is -0.0365. The van der Waals surface area contributed by atoms with E-state index in [4.69, 9.17) is 0 Å². The maximum atomic E-state index is 12.8. The zero-order chi connectivity index (χ0) is 11.9. The van der Waals surface area contributed by atoms with E-state index in [0.717, 1.165) is 32.4 Å². The lowest BCUT2D eigenvalue weighted by Gasteiger charge is -2.35. The van der Waals surface area contributed by atoms with E-state index in [1.807, 2.05) is 0 Å². The van der Waals surface area contributed by atoms with Crippen LogP contribution in [0.5, 0.6) is 0 Å². The molecule has 2 saturated heterocycles. The van der Waals surface area contributed by atoms with Crippen LogP contribution >= 0.6 is 12.4 Å². The molecule has 4 heteroatoms. The van der Waals surface area contributed by atoms with Crippen LogP contribution in [0, 0.1) is 5.41 Å². The van der Waals surface area contributed by atoms with Crippen molar-refractivity contribution in [3.63, 3.8) is 0 Å². The first-order valence-electron chi connectivity index (χ1n) is 7.24. The van der Waals surface area contributed by atoms with Crippen LogP contribution in [-0.4, -0.2) is 36.0 Å². The zero-order valence-electron chi connectivity index (χ0n) is 11.3. The topological polar surface area (TPSA) is 32.3 Å². The van der Waals surface area contributed by atoms with E-state index in [9.17, 15) is 4.79 Å². The van der Waals surface area contributed by atoms with Crippen LogP contribution in [0.3, 0.4) is 0 Å². The summed E-state index contributed by atoms with van der Waals surface area (Å²) in [5.74, 6) is 0.464. The molecule has 1 N–H and O–H groups in total. The number of nitrogens with one attached hydrogen (secondary N) is 1. The number of carbonyl (C=O) groups is 1. The van der Waals surface area contributed by atoms with Gasteiger partial charge in [0.2, 0.25) is 5.91 Å². The van der Waals surface area contributed by atoms with Gasteiger partial charge in [-0.15, -0.1) is 12.4 Å². The second-order valence-electron chi connectivity index (χ2n) is 6.36. The maximum Gasteiger partial charge on any atom is 0.229 e. The second kappa shape index (κ2) is 5.38. The van der Waals surface area contributed by atoms with Gasteiger partial charge in [-0.3, -0.25) is 4.79 Å². The van der Waals surface area contributed by atoms with E-state index in [1.54, 1.807) is 0 Å². The number of nitrogens with zero attached hydrogens (tertiary/aromatic N) is 1. The van der Waals surface area contributed by atoms with Crippen LogP contribution in [-0.2, 0) is 4.79 Å². The molecule has 18 heavy (non-hydrogen) atoms. The lowest BCUT2D eigenvalue weighted by atomic mass is 9.86. The highest BCUT2D eigenvalue weighted by molar-refractivity contribution is 5.85. The van der Waals surface area contributed by atoms with Gasteiger partial charge in [-0.2, -0.15) is 0 Å². The van der Waals surface area contributed by atoms with Gasteiger partial charge >= 0.3 is 0 Å². The van der Waals surface area contributed by atoms with Crippen LogP contribution in [0.1, 0.15) is 51.9 Å². The first kappa shape index (κ1) is 14.1. The molecule has 1 aliphatic carbocycles. The quantitative estimate of drug-likeness (QED) is 0.795. The van der Waals surface area contributed by atoms with Crippen LogP contribution in [0.2, 0.25) is 0 Å². The normalized spacial score (nSPS) is 33.9. The van der Waals surface area contributed by atoms with Crippen molar-refractivity contribution < 1.29 is 4.79 Å². The molecule has 2 bridgehead atoms. The van der Waals surface area contributed by atoms with Gasteiger partial charge in [-0.25, -0.2) is 0 Å². The summed E-state index contributed by atoms with van der Waals surface area (Å²) >= 11 is 0. The van der Waals surface area contributed by atoms with Crippen LogP contribution in [0.15, 0.2) is 0 Å². The van der Waals surface area contributed by atoms with E-state index in [2.05, 4.69) is 17.1 Å². The summed E-state index contributed by atoms with van der Waals surface area (Å²) < 4.78 is 0. The summed E-state index contributed by atoms with van der Waals surface area (Å²) in [7, 11) is 0. The lowest BCUT2D eigenvalue weighted by Crippen LogP contribution is -2.48. The molecule has 104 valence electrons. The molecule has 2 unspecified atom stereocenters. The largest absolute Gasteiger partial charge is 0.335 e. The van der Waals surface area contributed by atoms with Gasteiger partial charge in [-0.05, 0) is 38.6 Å². The molecule has 3 fully saturated rings. The molecule has 0 aromatic rings. The van der Waals surface area contributed by atoms with Crippen LogP contribution < -0.4 is 5.32 Å². The third-order valence-corrected chi connectivity index (χ3v) is 5.11. The predicted molar refractivity (Wildman–Crippen MR) is 75.0 cm³/mol. The van der Waals surface area contributed by atoms with Crippen LogP contribution in [0.4, 0.5) is 0 Å². The lowest BCUT2D eigenvalue weighted by molar-refractivity contribution is -0.143. The Kier molecular flexibility index (Phi) is 4.22. The summed E-state index contributed by atoms with van der Waals surface area (Å²) in [6.45, 7) is 4.29. The fourth-order valence-corrected chi connectivity index (χ4v) is 3.99. The first-order chi connectivity index (χ1) is 8.21. The van der Waals surface area contributed by atoms with Gasteiger partial charge in [0.25, 0.3) is 0 Å². The number of amides is 1. The smallest absolute Gasteiger partial charge is 0.229 e.